The lowest BCUT2D eigenvalue weighted by atomic mass is 9.44. The number of amidine groups is 1. The van der Waals surface area contributed by atoms with Crippen molar-refractivity contribution in [1.29, 1.82) is 0 Å². The molecule has 0 saturated carbocycles. The van der Waals surface area contributed by atoms with Crippen molar-refractivity contribution in [3.63, 3.8) is 0 Å². The predicted molar refractivity (Wildman–Crippen MR) is 185 cm³/mol. The molecule has 0 radical (unpaired) electrons. The van der Waals surface area contributed by atoms with Crippen molar-refractivity contribution in [2.45, 2.75) is 36.8 Å². The maximum atomic E-state index is 5.61. The SMILES string of the molecule is Cc1ccc2c3c1-c1ccccc1C1=NC(C)C(N13)C(c1ccccc1)(c1ccccc1)C2(c1ccccc1)c1ccccc1. The molecule has 2 atom stereocenters. The zero-order valence-electron chi connectivity index (χ0n) is 25.6. The van der Waals surface area contributed by atoms with E-state index >= 15 is 0 Å². The Hall–Kier alpha value is -5.21. The number of aryl methyl sites for hydroxylation is 1. The van der Waals surface area contributed by atoms with Gasteiger partial charge in [0.05, 0.1) is 28.6 Å². The second-order valence-corrected chi connectivity index (χ2v) is 12.7. The highest BCUT2D eigenvalue weighted by atomic mass is 15.3. The molecule has 45 heavy (non-hydrogen) atoms. The van der Waals surface area contributed by atoms with E-state index in [0.29, 0.717) is 0 Å². The molecule has 3 heterocycles. The summed E-state index contributed by atoms with van der Waals surface area (Å²) in [6.07, 6.45) is 0. The Bertz CT molecular complexity index is 2000. The van der Waals surface area contributed by atoms with Gasteiger partial charge in [0, 0.05) is 11.1 Å². The van der Waals surface area contributed by atoms with Gasteiger partial charge >= 0.3 is 0 Å². The van der Waals surface area contributed by atoms with Crippen LogP contribution in [0.4, 0.5) is 5.69 Å². The van der Waals surface area contributed by atoms with Crippen LogP contribution in [0.25, 0.3) is 11.1 Å². The summed E-state index contributed by atoms with van der Waals surface area (Å²) < 4.78 is 0. The Labute approximate surface area is 265 Å². The molecule has 2 unspecified atom stereocenters. The van der Waals surface area contributed by atoms with Crippen molar-refractivity contribution in [3.05, 3.63) is 197 Å². The molecular formula is C43H34N2. The van der Waals surface area contributed by atoms with Gasteiger partial charge in [-0.15, -0.1) is 0 Å². The highest BCUT2D eigenvalue weighted by Crippen LogP contribution is 2.67. The van der Waals surface area contributed by atoms with Crippen LogP contribution in [0.15, 0.2) is 163 Å². The van der Waals surface area contributed by atoms with Crippen molar-refractivity contribution in [2.75, 3.05) is 4.90 Å². The molecule has 9 rings (SSSR count). The van der Waals surface area contributed by atoms with E-state index in [9.17, 15) is 0 Å². The molecule has 2 heteroatoms. The molecule has 3 aliphatic heterocycles. The quantitative estimate of drug-likeness (QED) is 0.204. The van der Waals surface area contributed by atoms with E-state index in [1.807, 2.05) is 0 Å². The van der Waals surface area contributed by atoms with Gasteiger partial charge in [0.1, 0.15) is 5.84 Å². The van der Waals surface area contributed by atoms with Crippen LogP contribution in [0.5, 0.6) is 0 Å². The summed E-state index contributed by atoms with van der Waals surface area (Å²) in [4.78, 5) is 8.26. The molecule has 0 saturated heterocycles. The van der Waals surface area contributed by atoms with Crippen LogP contribution >= 0.6 is 0 Å². The molecule has 0 bridgehead atoms. The number of fused-ring (bicyclic) bond motifs is 3. The molecule has 0 N–H and O–H groups in total. The molecule has 6 aromatic rings. The molecule has 0 amide bonds. The molecule has 0 fully saturated rings. The Morgan fingerprint density at radius 1 is 0.533 bits per heavy atom. The second-order valence-electron chi connectivity index (χ2n) is 12.7. The van der Waals surface area contributed by atoms with E-state index in [1.165, 1.54) is 55.8 Å². The van der Waals surface area contributed by atoms with Gasteiger partial charge in [0.15, 0.2) is 0 Å². The minimum absolute atomic E-state index is 0.000816. The van der Waals surface area contributed by atoms with Crippen LogP contribution in [-0.2, 0) is 10.8 Å². The number of hydrogen-bond acceptors (Lipinski definition) is 2. The van der Waals surface area contributed by atoms with Gasteiger partial charge < -0.3 is 4.90 Å². The maximum absolute atomic E-state index is 5.61. The van der Waals surface area contributed by atoms with Gasteiger partial charge in [-0.05, 0) is 52.8 Å². The topological polar surface area (TPSA) is 15.6 Å². The number of hydrogen-bond donors (Lipinski definition) is 0. The third-order valence-corrected chi connectivity index (χ3v) is 10.7. The minimum atomic E-state index is -0.595. The number of aliphatic imine (C=N–C) groups is 1. The molecule has 0 aliphatic carbocycles. The lowest BCUT2D eigenvalue weighted by Crippen LogP contribution is -2.68. The van der Waals surface area contributed by atoms with Crippen LogP contribution in [0.1, 0.15) is 45.9 Å². The monoisotopic (exact) mass is 578 g/mol. The van der Waals surface area contributed by atoms with Crippen molar-refractivity contribution in [1.82, 2.24) is 0 Å². The normalized spacial score (nSPS) is 19.8. The van der Waals surface area contributed by atoms with Crippen molar-refractivity contribution in [2.24, 2.45) is 4.99 Å². The fourth-order valence-corrected chi connectivity index (χ4v) is 9.24. The summed E-state index contributed by atoms with van der Waals surface area (Å²) in [6, 6.07) is 58.8. The molecule has 2 nitrogen and oxygen atoms in total. The first kappa shape index (κ1) is 26.2. The maximum Gasteiger partial charge on any atom is 0.136 e. The highest BCUT2D eigenvalue weighted by Gasteiger charge is 2.68. The summed E-state index contributed by atoms with van der Waals surface area (Å²) >= 11 is 0. The number of anilines is 1. The van der Waals surface area contributed by atoms with E-state index in [0.717, 1.165) is 5.84 Å². The number of rotatable bonds is 4. The zero-order valence-corrected chi connectivity index (χ0v) is 25.6. The van der Waals surface area contributed by atoms with Gasteiger partial charge in [-0.3, -0.25) is 4.99 Å². The third-order valence-electron chi connectivity index (χ3n) is 10.7. The van der Waals surface area contributed by atoms with E-state index < -0.39 is 10.8 Å². The van der Waals surface area contributed by atoms with E-state index in [-0.39, 0.29) is 12.1 Å². The fourth-order valence-electron chi connectivity index (χ4n) is 9.24. The molecule has 0 aromatic heterocycles. The largest absolute Gasteiger partial charge is 0.319 e. The lowest BCUT2D eigenvalue weighted by Gasteiger charge is -2.63. The van der Waals surface area contributed by atoms with E-state index in [2.05, 4.69) is 176 Å². The Morgan fingerprint density at radius 2 is 1.00 bits per heavy atom. The van der Waals surface area contributed by atoms with E-state index in [1.54, 1.807) is 0 Å². The summed E-state index contributed by atoms with van der Waals surface area (Å²) in [5.41, 5.74) is 11.7. The summed E-state index contributed by atoms with van der Waals surface area (Å²) in [5.74, 6) is 1.09. The third kappa shape index (κ3) is 3.22. The van der Waals surface area contributed by atoms with Crippen LogP contribution in [0.2, 0.25) is 0 Å². The Kier molecular flexibility index (Phi) is 5.62. The summed E-state index contributed by atoms with van der Waals surface area (Å²) in [6.45, 7) is 4.60. The molecular weight excluding hydrogens is 544 g/mol. The van der Waals surface area contributed by atoms with E-state index in [4.69, 9.17) is 4.99 Å². The molecule has 3 aliphatic rings. The lowest BCUT2D eigenvalue weighted by molar-refractivity contribution is 0.266. The van der Waals surface area contributed by atoms with Gasteiger partial charge in [-0.2, -0.15) is 0 Å². The van der Waals surface area contributed by atoms with Gasteiger partial charge in [0.2, 0.25) is 0 Å². The molecule has 0 spiro atoms. The van der Waals surface area contributed by atoms with Gasteiger partial charge in [-0.25, -0.2) is 0 Å². The first-order valence-electron chi connectivity index (χ1n) is 16.0. The summed E-state index contributed by atoms with van der Waals surface area (Å²) in [7, 11) is 0. The van der Waals surface area contributed by atoms with Crippen LogP contribution < -0.4 is 4.90 Å². The Morgan fingerprint density at radius 3 is 1.53 bits per heavy atom. The van der Waals surface area contributed by atoms with Gasteiger partial charge in [0.25, 0.3) is 0 Å². The molecule has 6 aromatic carbocycles. The first-order valence-corrected chi connectivity index (χ1v) is 16.0. The van der Waals surface area contributed by atoms with Crippen LogP contribution in [-0.4, -0.2) is 17.9 Å². The average molecular weight is 579 g/mol. The number of nitrogens with zero attached hydrogens (tertiary/aromatic N) is 2. The predicted octanol–water partition coefficient (Wildman–Crippen LogP) is 9.33. The standard InChI is InChI=1S/C43H34N2/c1-29-27-28-37-39-38(29)35-25-15-16-26-36(35)41-44-30(2)40(45(39)41)43(33-21-11-5-12-22-33,34-23-13-6-14-24-34)42(37,31-17-7-3-8-18-31)32-19-9-4-10-20-32/h3-28,30,40H,1-2H3. The fraction of sp³-hybridized carbons (Fsp3) is 0.140. The van der Waals surface area contributed by atoms with Crippen LogP contribution in [0.3, 0.4) is 0 Å². The zero-order chi connectivity index (χ0) is 30.2. The highest BCUT2D eigenvalue weighted by molar-refractivity contribution is 6.22. The minimum Gasteiger partial charge on any atom is -0.319 e. The Balaban J connectivity index is 1.59. The number of benzene rings is 6. The molecule has 216 valence electrons. The average Bonchev–Trinajstić information content (AvgIpc) is 3.47. The van der Waals surface area contributed by atoms with Gasteiger partial charge in [-0.1, -0.05) is 158 Å². The van der Waals surface area contributed by atoms with Crippen molar-refractivity contribution >= 4 is 11.5 Å². The smallest absolute Gasteiger partial charge is 0.136 e. The summed E-state index contributed by atoms with van der Waals surface area (Å²) in [5, 5.41) is 0. The van der Waals surface area contributed by atoms with Crippen molar-refractivity contribution in [3.8, 4) is 11.1 Å². The van der Waals surface area contributed by atoms with Crippen LogP contribution in [0, 0.1) is 6.92 Å². The second kappa shape index (κ2) is 9.64. The van der Waals surface area contributed by atoms with Crippen molar-refractivity contribution < 1.29 is 0 Å². The first-order chi connectivity index (χ1) is 22.2.